The van der Waals surface area contributed by atoms with Crippen LogP contribution in [0.5, 0.6) is 0 Å². The van der Waals surface area contributed by atoms with Crippen LogP contribution in [0.2, 0.25) is 0 Å². The molecule has 1 rings (SSSR count). The molecular formula is C3H3Na3P. The molecule has 0 unspecified atom stereocenters. The zero-order valence-electron chi connectivity index (χ0n) is 5.18. The number of hydrogen-bond donors (Lipinski definition) is 0. The molecule has 0 saturated heterocycles. The maximum Gasteiger partial charge on any atom is 0 e. The Morgan fingerprint density at radius 3 is 1.14 bits per heavy atom. The summed E-state index contributed by atoms with van der Waals surface area (Å²) in [6.07, 6.45) is 2.04. The maximum atomic E-state index is 2.10. The van der Waals surface area contributed by atoms with Gasteiger partial charge in [0.1, 0.15) is 0 Å². The topological polar surface area (TPSA) is 0 Å². The first kappa shape index (κ1) is 16.5. The Balaban J connectivity index is -0.0000000533. The first-order valence-electron chi connectivity index (χ1n) is 1.18. The van der Waals surface area contributed by atoms with Crippen molar-refractivity contribution in [2.75, 3.05) is 0 Å². The molecule has 0 aromatic carbocycles. The van der Waals surface area contributed by atoms with Crippen molar-refractivity contribution in [3.05, 3.63) is 11.9 Å². The Morgan fingerprint density at radius 1 is 1.00 bits per heavy atom. The Hall–Kier alpha value is 2.91. The van der Waals surface area contributed by atoms with Crippen molar-refractivity contribution >= 4 is 103 Å². The molecule has 0 aromatic heterocycles. The Morgan fingerprint density at radius 2 is 1.14 bits per heavy atom. The molecule has 0 N–H and O–H groups in total. The van der Waals surface area contributed by atoms with Gasteiger partial charge in [0, 0.05) is 88.7 Å². The van der Waals surface area contributed by atoms with E-state index in [4.69, 9.17) is 0 Å². The summed E-state index contributed by atoms with van der Waals surface area (Å²) >= 11 is 0. The van der Waals surface area contributed by atoms with Crippen LogP contribution in [0.25, 0.3) is 0 Å². The summed E-state index contributed by atoms with van der Waals surface area (Å²) in [5.41, 5.74) is 0. The van der Waals surface area contributed by atoms with Crippen LogP contribution in [-0.2, 0) is 0 Å². The molecule has 4 heteroatoms. The molecule has 3 radical (unpaired) electrons. The van der Waals surface area contributed by atoms with Gasteiger partial charge in [0.15, 0.2) is 0 Å². The summed E-state index contributed by atoms with van der Waals surface area (Å²) < 4.78 is 0. The second kappa shape index (κ2) is 11.7. The monoisotopic (exact) mass is 139 g/mol. The molecule has 0 bridgehead atoms. The van der Waals surface area contributed by atoms with Gasteiger partial charge in [-0.1, -0.05) is 14.3 Å². The van der Waals surface area contributed by atoms with Gasteiger partial charge in [-0.2, -0.15) is 0 Å². The first-order chi connectivity index (χ1) is 2.00. The smallest absolute Gasteiger partial charge is 0 e. The maximum absolute atomic E-state index is 2.10. The van der Waals surface area contributed by atoms with Crippen molar-refractivity contribution in [2.24, 2.45) is 0 Å². The van der Waals surface area contributed by atoms with Crippen molar-refractivity contribution in [1.82, 2.24) is 0 Å². The number of rotatable bonds is 0. The van der Waals surface area contributed by atoms with Crippen molar-refractivity contribution in [3.63, 3.8) is 0 Å². The minimum absolute atomic E-state index is 0. The zero-order valence-corrected chi connectivity index (χ0v) is 12.1. The molecule has 7 heavy (non-hydrogen) atoms. The Bertz CT molecular complexity index is 50.6. The van der Waals surface area contributed by atoms with Gasteiger partial charge in [-0.3, -0.25) is 0 Å². The molecule has 0 aliphatic carbocycles. The molecule has 0 spiro atoms. The van der Waals surface area contributed by atoms with Crippen LogP contribution < -0.4 is 0 Å². The minimum Gasteiger partial charge on any atom is -0.0765 e. The quantitative estimate of drug-likeness (QED) is 0.330. The molecule has 23 valence electrons. The fourth-order valence-electron chi connectivity index (χ4n) is 0.0861. The molecule has 0 fully saturated rings. The molecule has 0 aromatic rings. The van der Waals surface area contributed by atoms with Crippen molar-refractivity contribution in [1.29, 1.82) is 0 Å². The molecule has 0 nitrogen and oxygen atoms in total. The molecule has 1 heterocycles. The second-order valence-corrected chi connectivity index (χ2v) is 1.53. The normalized spacial score (nSPS) is 11.4. The predicted molar refractivity (Wildman–Crippen MR) is 39.4 cm³/mol. The number of allylic oxidation sites excluding steroid dienone is 1. The largest absolute Gasteiger partial charge is 0.0765 e. The molecule has 0 saturated carbocycles. The third-order valence-corrected chi connectivity index (χ3v) is 1.03. The summed E-state index contributed by atoms with van der Waals surface area (Å²) in [6.45, 7) is 0. The molecule has 0 atom stereocenters. The summed E-state index contributed by atoms with van der Waals surface area (Å²) in [5.74, 6) is 4.19. The van der Waals surface area contributed by atoms with E-state index >= 15 is 0 Å². The average Bonchev–Trinajstić information content (AvgIpc) is 0.722. The van der Waals surface area contributed by atoms with Gasteiger partial charge in [-0.25, -0.2) is 0 Å². The predicted octanol–water partition coefficient (Wildman–Crippen LogP) is 0.120. The average molecular weight is 139 g/mol. The van der Waals surface area contributed by atoms with Crippen LogP contribution in [0.15, 0.2) is 11.9 Å². The van der Waals surface area contributed by atoms with Crippen LogP contribution in [0.1, 0.15) is 0 Å². The fourth-order valence-corrected chi connectivity index (χ4v) is 0.258. The Kier molecular flexibility index (Phi) is 27.5. The SMILES string of the molecule is C1=CP=C1.[Na].[Na].[Na]. The molecule has 1 aliphatic rings. The number of hydrogen-bond acceptors (Lipinski definition) is 0. The molecular weight excluding hydrogens is 136 g/mol. The van der Waals surface area contributed by atoms with Gasteiger partial charge in [0.05, 0.1) is 0 Å². The Labute approximate surface area is 112 Å². The van der Waals surface area contributed by atoms with E-state index in [1.165, 1.54) is 8.20 Å². The van der Waals surface area contributed by atoms with E-state index in [9.17, 15) is 0 Å². The van der Waals surface area contributed by atoms with Gasteiger partial charge in [0.25, 0.3) is 0 Å². The minimum atomic E-state index is 0. The zero-order chi connectivity index (χ0) is 2.83. The van der Waals surface area contributed by atoms with Crippen molar-refractivity contribution < 1.29 is 0 Å². The van der Waals surface area contributed by atoms with Crippen LogP contribution in [0.4, 0.5) is 0 Å². The third-order valence-electron chi connectivity index (χ3n) is 0.344. The standard InChI is InChI=1S/C3H3P.3Na/c1-2-4-3-1;;;/h1-3H;;;. The van der Waals surface area contributed by atoms with E-state index in [0.717, 1.165) is 0 Å². The van der Waals surface area contributed by atoms with Gasteiger partial charge in [-0.05, 0) is 11.6 Å². The van der Waals surface area contributed by atoms with Gasteiger partial charge in [-0.15, -0.1) is 0 Å². The van der Waals surface area contributed by atoms with Gasteiger partial charge >= 0.3 is 0 Å². The molecule has 0 amide bonds. The summed E-state index contributed by atoms with van der Waals surface area (Å²) in [7, 11) is 1.37. The fraction of sp³-hybridized carbons (Fsp3) is 0. The van der Waals surface area contributed by atoms with Crippen LogP contribution in [-0.4, -0.2) is 94.5 Å². The van der Waals surface area contributed by atoms with Gasteiger partial charge in [0.2, 0.25) is 0 Å². The van der Waals surface area contributed by atoms with Crippen LogP contribution >= 0.6 is 8.20 Å². The van der Waals surface area contributed by atoms with E-state index in [-0.39, 0.29) is 88.7 Å². The van der Waals surface area contributed by atoms with Crippen LogP contribution in [0.3, 0.4) is 0 Å². The second-order valence-electron chi connectivity index (χ2n) is 0.640. The van der Waals surface area contributed by atoms with E-state index in [2.05, 4.69) is 11.6 Å². The van der Waals surface area contributed by atoms with Gasteiger partial charge < -0.3 is 0 Å². The van der Waals surface area contributed by atoms with E-state index in [1.54, 1.807) is 0 Å². The summed E-state index contributed by atoms with van der Waals surface area (Å²) in [6, 6.07) is 0. The summed E-state index contributed by atoms with van der Waals surface area (Å²) in [4.78, 5) is 0. The van der Waals surface area contributed by atoms with E-state index in [0.29, 0.717) is 0 Å². The summed E-state index contributed by atoms with van der Waals surface area (Å²) in [5, 5.41) is 0. The van der Waals surface area contributed by atoms with E-state index in [1.807, 2.05) is 6.08 Å². The first-order valence-corrected chi connectivity index (χ1v) is 2.22. The van der Waals surface area contributed by atoms with Crippen molar-refractivity contribution in [3.8, 4) is 0 Å². The third kappa shape index (κ3) is 8.91. The molecule has 1 aliphatic heterocycles. The van der Waals surface area contributed by atoms with Crippen LogP contribution in [0, 0.1) is 0 Å². The van der Waals surface area contributed by atoms with E-state index < -0.39 is 0 Å². The van der Waals surface area contributed by atoms with Crippen molar-refractivity contribution in [2.45, 2.75) is 0 Å².